The second kappa shape index (κ2) is 5.24. The third-order valence-electron chi connectivity index (χ3n) is 2.38. The van der Waals surface area contributed by atoms with E-state index in [4.69, 9.17) is 10.5 Å². The van der Waals surface area contributed by atoms with E-state index in [9.17, 15) is 4.39 Å². The Morgan fingerprint density at radius 1 is 1.33 bits per heavy atom. The number of hydrogen-bond donors (Lipinski definition) is 1. The summed E-state index contributed by atoms with van der Waals surface area (Å²) in [5.74, 6) is 0.326. The van der Waals surface area contributed by atoms with Gasteiger partial charge in [-0.15, -0.1) is 0 Å². The van der Waals surface area contributed by atoms with Crippen LogP contribution in [0.3, 0.4) is 0 Å². The number of anilines is 1. The van der Waals surface area contributed by atoms with Crippen LogP contribution in [0, 0.1) is 12.7 Å². The first kappa shape index (κ1) is 13.3. The van der Waals surface area contributed by atoms with Crippen molar-refractivity contribution in [3.05, 3.63) is 44.7 Å². The van der Waals surface area contributed by atoms with E-state index in [-0.39, 0.29) is 0 Å². The second-order valence-electron chi connectivity index (χ2n) is 3.64. The Kier molecular flexibility index (Phi) is 3.87. The molecule has 0 aliphatic carbocycles. The van der Waals surface area contributed by atoms with Crippen LogP contribution in [0.1, 0.15) is 5.56 Å². The van der Waals surface area contributed by atoms with Gasteiger partial charge in [-0.1, -0.05) is 0 Å². The van der Waals surface area contributed by atoms with Crippen LogP contribution in [0.15, 0.2) is 33.3 Å². The Hall–Kier alpha value is -1.14. The molecule has 18 heavy (non-hydrogen) atoms. The molecule has 0 aliphatic heterocycles. The van der Waals surface area contributed by atoms with Gasteiger partial charge in [-0.25, -0.2) is 9.37 Å². The maximum atomic E-state index is 13.3. The monoisotopic (exact) mass is 374 g/mol. The Bertz CT molecular complexity index is 605. The molecule has 0 radical (unpaired) electrons. The number of hydrogen-bond acceptors (Lipinski definition) is 3. The fourth-order valence-electron chi connectivity index (χ4n) is 1.29. The SMILES string of the molecule is Cc1c(N)cnc(Oc2ccc(Br)c(F)c2)c1Br. The van der Waals surface area contributed by atoms with Gasteiger partial charge in [0.25, 0.3) is 0 Å². The number of rotatable bonds is 2. The van der Waals surface area contributed by atoms with E-state index in [1.165, 1.54) is 12.3 Å². The first-order chi connectivity index (χ1) is 8.49. The highest BCUT2D eigenvalue weighted by molar-refractivity contribution is 9.10. The van der Waals surface area contributed by atoms with Gasteiger partial charge >= 0.3 is 0 Å². The predicted molar refractivity (Wildman–Crippen MR) is 75.3 cm³/mol. The van der Waals surface area contributed by atoms with Crippen molar-refractivity contribution < 1.29 is 9.13 Å². The molecule has 0 unspecified atom stereocenters. The number of aromatic nitrogens is 1. The largest absolute Gasteiger partial charge is 0.438 e. The number of nitrogens with zero attached hydrogens (tertiary/aromatic N) is 1. The van der Waals surface area contributed by atoms with Crippen molar-refractivity contribution in [2.45, 2.75) is 6.92 Å². The molecule has 0 aliphatic rings. The van der Waals surface area contributed by atoms with Crippen molar-refractivity contribution in [3.63, 3.8) is 0 Å². The van der Waals surface area contributed by atoms with Crippen LogP contribution in [0.4, 0.5) is 10.1 Å². The van der Waals surface area contributed by atoms with Gasteiger partial charge < -0.3 is 10.5 Å². The highest BCUT2D eigenvalue weighted by Crippen LogP contribution is 2.33. The number of pyridine rings is 1. The maximum Gasteiger partial charge on any atom is 0.234 e. The fraction of sp³-hybridized carbons (Fsp3) is 0.0833. The molecule has 0 fully saturated rings. The zero-order chi connectivity index (χ0) is 13.3. The molecule has 0 saturated heterocycles. The molecule has 2 rings (SSSR count). The third kappa shape index (κ3) is 2.64. The fourth-order valence-corrected chi connectivity index (χ4v) is 1.95. The summed E-state index contributed by atoms with van der Waals surface area (Å²) >= 11 is 6.43. The molecule has 1 aromatic carbocycles. The average Bonchev–Trinajstić information content (AvgIpc) is 2.34. The van der Waals surface area contributed by atoms with Crippen LogP contribution < -0.4 is 10.5 Å². The minimum absolute atomic E-state index is 0.350. The van der Waals surface area contributed by atoms with Gasteiger partial charge in [-0.2, -0.15) is 0 Å². The van der Waals surface area contributed by atoms with Gasteiger partial charge in [0.15, 0.2) is 0 Å². The van der Waals surface area contributed by atoms with Gasteiger partial charge in [0.05, 0.1) is 20.8 Å². The van der Waals surface area contributed by atoms with Gasteiger partial charge in [-0.05, 0) is 56.5 Å². The predicted octanol–water partition coefficient (Wildman–Crippen LogP) is 4.43. The molecule has 1 heterocycles. The van der Waals surface area contributed by atoms with Gasteiger partial charge in [0.2, 0.25) is 5.88 Å². The Labute approximate surface area is 120 Å². The molecule has 0 spiro atoms. The van der Waals surface area contributed by atoms with Crippen LogP contribution in [-0.2, 0) is 0 Å². The lowest BCUT2D eigenvalue weighted by Gasteiger charge is -2.10. The third-order valence-corrected chi connectivity index (χ3v) is 3.95. The summed E-state index contributed by atoms with van der Waals surface area (Å²) in [6.07, 6.45) is 1.50. The zero-order valence-corrected chi connectivity index (χ0v) is 12.5. The maximum absolute atomic E-state index is 13.3. The standard InChI is InChI=1S/C12H9Br2FN2O/c1-6-10(16)5-17-12(11(6)14)18-7-2-3-8(13)9(15)4-7/h2-5H,16H2,1H3. The minimum atomic E-state index is -0.393. The van der Waals surface area contributed by atoms with Crippen LogP contribution in [0.5, 0.6) is 11.6 Å². The van der Waals surface area contributed by atoms with E-state index in [1.807, 2.05) is 6.92 Å². The molecule has 0 amide bonds. The highest BCUT2D eigenvalue weighted by Gasteiger charge is 2.10. The topological polar surface area (TPSA) is 48.1 Å². The molecule has 1 aromatic heterocycles. The van der Waals surface area contributed by atoms with Crippen LogP contribution in [0.25, 0.3) is 0 Å². The van der Waals surface area contributed by atoms with E-state index in [1.54, 1.807) is 12.1 Å². The molecule has 94 valence electrons. The molecule has 0 saturated carbocycles. The van der Waals surface area contributed by atoms with E-state index in [0.717, 1.165) is 5.56 Å². The normalized spacial score (nSPS) is 10.4. The van der Waals surface area contributed by atoms with E-state index >= 15 is 0 Å². The lowest BCUT2D eigenvalue weighted by atomic mass is 10.2. The summed E-state index contributed by atoms with van der Waals surface area (Å²) in [4.78, 5) is 4.06. The summed E-state index contributed by atoms with van der Waals surface area (Å²) in [5, 5.41) is 0. The smallest absolute Gasteiger partial charge is 0.234 e. The summed E-state index contributed by atoms with van der Waals surface area (Å²) in [7, 11) is 0. The van der Waals surface area contributed by atoms with Gasteiger partial charge in [-0.3, -0.25) is 0 Å². The quantitative estimate of drug-likeness (QED) is 0.844. The molecule has 3 nitrogen and oxygen atoms in total. The van der Waals surface area contributed by atoms with Crippen molar-refractivity contribution in [2.75, 3.05) is 5.73 Å². The van der Waals surface area contributed by atoms with Crippen molar-refractivity contribution in [2.24, 2.45) is 0 Å². The molecular weight excluding hydrogens is 367 g/mol. The van der Waals surface area contributed by atoms with Crippen LogP contribution in [-0.4, -0.2) is 4.98 Å². The van der Waals surface area contributed by atoms with Crippen LogP contribution in [0.2, 0.25) is 0 Å². The number of ether oxygens (including phenoxy) is 1. The van der Waals surface area contributed by atoms with Crippen molar-refractivity contribution >= 4 is 37.5 Å². The van der Waals surface area contributed by atoms with Gasteiger partial charge in [0, 0.05) is 6.07 Å². The summed E-state index contributed by atoms with van der Waals surface area (Å²) in [6, 6.07) is 4.50. The molecule has 0 atom stereocenters. The zero-order valence-electron chi connectivity index (χ0n) is 9.38. The Morgan fingerprint density at radius 2 is 2.06 bits per heavy atom. The first-order valence-corrected chi connectivity index (χ1v) is 6.61. The second-order valence-corrected chi connectivity index (χ2v) is 5.28. The van der Waals surface area contributed by atoms with Gasteiger partial charge in [0.1, 0.15) is 11.6 Å². The number of nitrogens with two attached hydrogens (primary N) is 1. The highest BCUT2D eigenvalue weighted by atomic mass is 79.9. The molecule has 0 bridgehead atoms. The average molecular weight is 376 g/mol. The summed E-state index contributed by atoms with van der Waals surface area (Å²) in [6.45, 7) is 1.84. The molecule has 6 heteroatoms. The van der Waals surface area contributed by atoms with Crippen molar-refractivity contribution in [3.8, 4) is 11.6 Å². The minimum Gasteiger partial charge on any atom is -0.438 e. The Morgan fingerprint density at radius 3 is 2.72 bits per heavy atom. The first-order valence-electron chi connectivity index (χ1n) is 5.02. The number of halogens is 3. The summed E-state index contributed by atoms with van der Waals surface area (Å²) < 4.78 is 19.9. The molecule has 2 aromatic rings. The molecule has 2 N–H and O–H groups in total. The van der Waals surface area contributed by atoms with E-state index in [0.29, 0.717) is 26.3 Å². The number of benzene rings is 1. The lowest BCUT2D eigenvalue weighted by Crippen LogP contribution is -1.96. The van der Waals surface area contributed by atoms with E-state index in [2.05, 4.69) is 36.8 Å². The Balaban J connectivity index is 2.34. The summed E-state index contributed by atoms with van der Waals surface area (Å²) in [5.41, 5.74) is 7.11. The van der Waals surface area contributed by atoms with E-state index < -0.39 is 5.82 Å². The van der Waals surface area contributed by atoms with Crippen molar-refractivity contribution in [1.82, 2.24) is 4.98 Å². The molecular formula is C12H9Br2FN2O. The van der Waals surface area contributed by atoms with Crippen LogP contribution >= 0.6 is 31.9 Å². The lowest BCUT2D eigenvalue weighted by molar-refractivity contribution is 0.454. The van der Waals surface area contributed by atoms with Crippen molar-refractivity contribution in [1.29, 1.82) is 0 Å². The number of nitrogen functional groups attached to an aromatic ring is 1.